The highest BCUT2D eigenvalue weighted by Gasteiger charge is 2.34. The molecule has 0 unspecified atom stereocenters. The first kappa shape index (κ1) is 19.7. The third kappa shape index (κ3) is 3.67. The van der Waals surface area contributed by atoms with Crippen molar-refractivity contribution >= 4 is 26.8 Å². The van der Waals surface area contributed by atoms with Crippen LogP contribution in [0.2, 0.25) is 0 Å². The molecule has 0 aliphatic carbocycles. The molecule has 0 atom stereocenters. The van der Waals surface area contributed by atoms with Gasteiger partial charge >= 0.3 is 0 Å². The van der Waals surface area contributed by atoms with E-state index in [9.17, 15) is 13.2 Å². The topological polar surface area (TPSA) is 88.7 Å². The number of fused-ring (bicyclic) bond motifs is 1. The van der Waals surface area contributed by atoms with Crippen molar-refractivity contribution in [3.63, 3.8) is 0 Å². The van der Waals surface area contributed by atoms with Gasteiger partial charge < -0.3 is 14.0 Å². The van der Waals surface area contributed by atoms with E-state index in [4.69, 9.17) is 4.52 Å². The lowest BCUT2D eigenvalue weighted by Crippen LogP contribution is -2.50. The molecule has 154 valence electrons. The van der Waals surface area contributed by atoms with E-state index in [-0.39, 0.29) is 23.9 Å². The second kappa shape index (κ2) is 7.64. The largest absolute Gasteiger partial charge is 0.360 e. The number of sulfonamides is 1. The molecule has 1 aromatic carbocycles. The first-order chi connectivity index (χ1) is 13.9. The molecule has 0 radical (unpaired) electrons. The Morgan fingerprint density at radius 2 is 1.83 bits per heavy atom. The van der Waals surface area contributed by atoms with Crippen LogP contribution in [0.15, 0.2) is 45.9 Å². The minimum atomic E-state index is -3.67. The van der Waals surface area contributed by atoms with E-state index in [1.165, 1.54) is 4.31 Å². The smallest absolute Gasteiger partial charge is 0.248 e. The summed E-state index contributed by atoms with van der Waals surface area (Å²) < 4.78 is 34.3. The van der Waals surface area contributed by atoms with Gasteiger partial charge in [0.25, 0.3) is 0 Å². The zero-order valence-electron chi connectivity index (χ0n) is 16.5. The number of aryl methyl sites for hydroxylation is 3. The number of carbonyl (C=O) groups excluding carboxylic acids is 1. The van der Waals surface area contributed by atoms with E-state index < -0.39 is 10.0 Å². The summed E-state index contributed by atoms with van der Waals surface area (Å²) >= 11 is 0. The molecule has 3 aromatic rings. The van der Waals surface area contributed by atoms with Crippen molar-refractivity contribution in [3.8, 4) is 0 Å². The number of hydrogen-bond acceptors (Lipinski definition) is 5. The average molecular weight is 417 g/mol. The Balaban J connectivity index is 1.36. The second-order valence-corrected chi connectivity index (χ2v) is 9.13. The van der Waals surface area contributed by atoms with Crippen LogP contribution in [0.3, 0.4) is 0 Å². The van der Waals surface area contributed by atoms with Gasteiger partial charge in [-0.15, -0.1) is 0 Å². The minimum absolute atomic E-state index is 0.0390. The molecule has 2 aromatic heterocycles. The van der Waals surface area contributed by atoms with Gasteiger partial charge in [0.15, 0.2) is 5.76 Å². The van der Waals surface area contributed by atoms with Crippen molar-refractivity contribution in [1.29, 1.82) is 0 Å². The summed E-state index contributed by atoms with van der Waals surface area (Å²) in [6.45, 7) is 5.12. The van der Waals surface area contributed by atoms with Gasteiger partial charge in [-0.25, -0.2) is 8.42 Å². The second-order valence-electron chi connectivity index (χ2n) is 7.26. The summed E-state index contributed by atoms with van der Waals surface area (Å²) in [7, 11) is -3.67. The molecule has 1 amide bonds. The van der Waals surface area contributed by atoms with Gasteiger partial charge in [-0.05, 0) is 31.4 Å². The van der Waals surface area contributed by atoms with E-state index in [0.29, 0.717) is 37.5 Å². The number of amides is 1. The molecule has 1 fully saturated rings. The van der Waals surface area contributed by atoms with Gasteiger partial charge in [-0.1, -0.05) is 23.4 Å². The maximum absolute atomic E-state index is 12.9. The number of carbonyl (C=O) groups is 1. The van der Waals surface area contributed by atoms with E-state index in [2.05, 4.69) is 9.72 Å². The number of hydrogen-bond donors (Lipinski definition) is 0. The summed E-state index contributed by atoms with van der Waals surface area (Å²) in [6.07, 6.45) is 2.38. The zero-order valence-corrected chi connectivity index (χ0v) is 17.4. The molecule has 0 saturated carbocycles. The molecule has 0 spiro atoms. The standard InChI is InChI=1S/C20H24N4O4S/c1-15-20(16(2)28-21-15)29(26,27)24-13-11-23(12-14-24)19(25)8-10-22-9-7-17-5-3-4-6-18(17)22/h3-7,9H,8,10-14H2,1-2H3. The number of nitrogens with zero attached hydrogens (tertiary/aromatic N) is 4. The van der Waals surface area contributed by atoms with E-state index >= 15 is 0 Å². The third-order valence-corrected chi connectivity index (χ3v) is 7.55. The van der Waals surface area contributed by atoms with E-state index in [1.807, 2.05) is 36.5 Å². The minimum Gasteiger partial charge on any atom is -0.360 e. The number of benzene rings is 1. The summed E-state index contributed by atoms with van der Waals surface area (Å²) in [5, 5.41) is 4.89. The van der Waals surface area contributed by atoms with E-state index in [0.717, 1.165) is 10.9 Å². The van der Waals surface area contributed by atoms with Crippen LogP contribution in [0, 0.1) is 13.8 Å². The summed E-state index contributed by atoms with van der Waals surface area (Å²) in [5.41, 5.74) is 1.47. The van der Waals surface area contributed by atoms with Crippen molar-refractivity contribution < 1.29 is 17.7 Å². The van der Waals surface area contributed by atoms with Crippen LogP contribution in [0.4, 0.5) is 0 Å². The Bertz CT molecular complexity index is 1120. The molecule has 8 nitrogen and oxygen atoms in total. The monoisotopic (exact) mass is 416 g/mol. The van der Waals surface area contributed by atoms with Crippen LogP contribution >= 0.6 is 0 Å². The maximum Gasteiger partial charge on any atom is 0.248 e. The fourth-order valence-corrected chi connectivity index (χ4v) is 5.57. The Morgan fingerprint density at radius 3 is 2.52 bits per heavy atom. The van der Waals surface area contributed by atoms with Crippen LogP contribution in [0.5, 0.6) is 0 Å². The number of aromatic nitrogens is 2. The zero-order chi connectivity index (χ0) is 20.6. The van der Waals surface area contributed by atoms with Crippen LogP contribution in [0.1, 0.15) is 17.9 Å². The van der Waals surface area contributed by atoms with Gasteiger partial charge in [-0.3, -0.25) is 4.79 Å². The summed E-state index contributed by atoms with van der Waals surface area (Å²) in [4.78, 5) is 14.5. The molecule has 3 heterocycles. The lowest BCUT2D eigenvalue weighted by Gasteiger charge is -2.34. The van der Waals surface area contributed by atoms with E-state index in [1.54, 1.807) is 18.7 Å². The fraction of sp³-hybridized carbons (Fsp3) is 0.400. The van der Waals surface area contributed by atoms with Gasteiger partial charge in [0, 0.05) is 50.9 Å². The molecule has 29 heavy (non-hydrogen) atoms. The van der Waals surface area contributed by atoms with Crippen molar-refractivity contribution in [1.82, 2.24) is 18.9 Å². The van der Waals surface area contributed by atoms with Crippen molar-refractivity contribution in [2.45, 2.75) is 31.7 Å². The molecule has 1 aliphatic rings. The lowest BCUT2D eigenvalue weighted by atomic mass is 10.2. The predicted octanol–water partition coefficient (Wildman–Crippen LogP) is 2.17. The van der Waals surface area contributed by atoms with Gasteiger partial charge in [0.05, 0.1) is 0 Å². The molecule has 9 heteroatoms. The molecule has 0 N–H and O–H groups in total. The Labute approximate surface area is 169 Å². The molecular weight excluding hydrogens is 392 g/mol. The maximum atomic E-state index is 12.9. The first-order valence-corrected chi connectivity index (χ1v) is 11.1. The summed E-state index contributed by atoms with van der Waals surface area (Å²) in [6, 6.07) is 10.1. The molecule has 0 bridgehead atoms. The molecule has 1 aliphatic heterocycles. The highest BCUT2D eigenvalue weighted by atomic mass is 32.2. The highest BCUT2D eigenvalue weighted by molar-refractivity contribution is 7.89. The average Bonchev–Trinajstić information content (AvgIpc) is 3.29. The van der Waals surface area contributed by atoms with Crippen molar-refractivity contribution in [2.24, 2.45) is 0 Å². The van der Waals surface area contributed by atoms with Crippen LogP contribution in [0.25, 0.3) is 10.9 Å². The van der Waals surface area contributed by atoms with Gasteiger partial charge in [0.2, 0.25) is 15.9 Å². The number of rotatable bonds is 5. The normalized spacial score (nSPS) is 15.9. The molecule has 1 saturated heterocycles. The number of piperazine rings is 1. The van der Waals surface area contributed by atoms with Crippen LogP contribution in [-0.2, 0) is 21.4 Å². The number of para-hydroxylation sites is 1. The third-order valence-electron chi connectivity index (χ3n) is 5.40. The highest BCUT2D eigenvalue weighted by Crippen LogP contribution is 2.24. The quantitative estimate of drug-likeness (QED) is 0.636. The fourth-order valence-electron chi connectivity index (χ4n) is 3.86. The van der Waals surface area contributed by atoms with Crippen molar-refractivity contribution in [2.75, 3.05) is 26.2 Å². The Kier molecular flexibility index (Phi) is 5.18. The Hall–Kier alpha value is -2.65. The van der Waals surface area contributed by atoms with Gasteiger partial charge in [0.1, 0.15) is 10.6 Å². The SMILES string of the molecule is Cc1noc(C)c1S(=O)(=O)N1CCN(C(=O)CCn2ccc3ccccc32)CC1. The van der Waals surface area contributed by atoms with Crippen LogP contribution in [-0.4, -0.2) is 59.4 Å². The predicted molar refractivity (Wildman–Crippen MR) is 108 cm³/mol. The Morgan fingerprint density at radius 1 is 1.10 bits per heavy atom. The molecular formula is C20H24N4O4S. The lowest BCUT2D eigenvalue weighted by molar-refractivity contribution is -0.132. The van der Waals surface area contributed by atoms with Crippen molar-refractivity contribution in [3.05, 3.63) is 48.0 Å². The first-order valence-electron chi connectivity index (χ1n) is 9.62. The summed E-state index contributed by atoms with van der Waals surface area (Å²) in [5.74, 6) is 0.331. The van der Waals surface area contributed by atoms with Crippen LogP contribution < -0.4 is 0 Å². The molecule has 4 rings (SSSR count). The van der Waals surface area contributed by atoms with Gasteiger partial charge in [-0.2, -0.15) is 4.31 Å².